The Morgan fingerprint density at radius 3 is 2.18 bits per heavy atom. The minimum Gasteiger partial charge on any atom is -0.396 e. The van der Waals surface area contributed by atoms with E-state index >= 15 is 0 Å². The van der Waals surface area contributed by atoms with Gasteiger partial charge in [0.05, 0.1) is 12.7 Å². The first-order valence-electron chi connectivity index (χ1n) is 7.07. The Kier molecular flexibility index (Phi) is 6.07. The molecule has 0 amide bonds. The molecule has 0 spiro atoms. The topological polar surface area (TPSA) is 172 Å². The summed E-state index contributed by atoms with van der Waals surface area (Å²) in [7, 11) is 0. The molecular weight excluding hydrogens is 302 g/mol. The number of hydrogen-bond donors (Lipinski definition) is 8. The van der Waals surface area contributed by atoms with E-state index < -0.39 is 61.7 Å². The monoisotopic (exact) mass is 325 g/mol. The maximum Gasteiger partial charge on any atom is 0.187 e. The fourth-order valence-corrected chi connectivity index (χ4v) is 2.66. The minimum atomic E-state index is -1.61. The molecule has 0 radical (unpaired) electrons. The van der Waals surface area contributed by atoms with Crippen molar-refractivity contribution in [2.45, 2.75) is 49.1 Å². The average molecular weight is 325 g/mol. The van der Waals surface area contributed by atoms with E-state index in [1.54, 1.807) is 0 Å². The Hall–Kier alpha value is -0.400. The Bertz CT molecular complexity index is 355. The Labute approximate surface area is 126 Å². The van der Waals surface area contributed by atoms with E-state index in [0.717, 1.165) is 0 Å². The van der Waals surface area contributed by atoms with E-state index in [-0.39, 0.29) is 13.2 Å². The molecule has 10 heteroatoms. The van der Waals surface area contributed by atoms with Crippen molar-refractivity contribution in [2.24, 2.45) is 5.92 Å². The van der Waals surface area contributed by atoms with E-state index in [1.807, 2.05) is 0 Å². The van der Waals surface area contributed by atoms with Crippen molar-refractivity contribution in [1.29, 1.82) is 0 Å². The molecule has 130 valence electrons. The number of nitrogens with one attached hydrogen (secondary N) is 1. The lowest BCUT2D eigenvalue weighted by Gasteiger charge is -2.44. The second-order valence-corrected chi connectivity index (χ2v) is 5.58. The number of aliphatic hydroxyl groups is 7. The molecule has 8 N–H and O–H groups in total. The first kappa shape index (κ1) is 17.9. The summed E-state index contributed by atoms with van der Waals surface area (Å²) in [6.07, 6.45) is -11.0. The van der Waals surface area contributed by atoms with Gasteiger partial charge in [0.2, 0.25) is 0 Å². The zero-order chi connectivity index (χ0) is 16.4. The highest BCUT2D eigenvalue weighted by molar-refractivity contribution is 4.92. The molecular formula is C12H23NO9. The number of aliphatic hydroxyl groups excluding tert-OH is 7. The highest BCUT2D eigenvalue weighted by Gasteiger charge is 2.47. The SMILES string of the molecule is OCC1CN[C@H](O)[C@@H](O)[C@H]1OC1O[C@@H](CO)[C@@H](O)[C@@H](O)[C@@H]1O. The van der Waals surface area contributed by atoms with E-state index in [4.69, 9.17) is 14.6 Å². The van der Waals surface area contributed by atoms with Crippen molar-refractivity contribution < 1.29 is 45.2 Å². The fraction of sp³-hybridized carbons (Fsp3) is 1.00. The van der Waals surface area contributed by atoms with Crippen LogP contribution in [0.1, 0.15) is 0 Å². The smallest absolute Gasteiger partial charge is 0.187 e. The Morgan fingerprint density at radius 1 is 0.909 bits per heavy atom. The van der Waals surface area contributed by atoms with Crippen molar-refractivity contribution in [3.05, 3.63) is 0 Å². The summed E-state index contributed by atoms with van der Waals surface area (Å²) in [6.45, 7) is -0.790. The standard InChI is InChI=1S/C12H23NO9/c14-2-4-1-13-11(20)9(19)10(4)22-12-8(18)7(17)6(16)5(3-15)21-12/h4-20H,1-3H2/t4?,5-,6+,7+,8-,9-,10-,11+,12?/m0/s1. The molecule has 2 saturated heterocycles. The Balaban J connectivity index is 2.09. The molecule has 2 aliphatic heterocycles. The highest BCUT2D eigenvalue weighted by Crippen LogP contribution is 2.27. The van der Waals surface area contributed by atoms with Gasteiger partial charge < -0.3 is 45.2 Å². The van der Waals surface area contributed by atoms with Gasteiger partial charge in [0.15, 0.2) is 6.29 Å². The van der Waals surface area contributed by atoms with Crippen LogP contribution in [0.25, 0.3) is 0 Å². The number of hydrogen-bond acceptors (Lipinski definition) is 10. The molecule has 2 fully saturated rings. The first-order valence-corrected chi connectivity index (χ1v) is 7.07. The first-order chi connectivity index (χ1) is 10.4. The van der Waals surface area contributed by atoms with Gasteiger partial charge in [0.1, 0.15) is 36.7 Å². The van der Waals surface area contributed by atoms with E-state index in [0.29, 0.717) is 0 Å². The van der Waals surface area contributed by atoms with Gasteiger partial charge in [-0.2, -0.15) is 0 Å². The number of rotatable bonds is 4. The highest BCUT2D eigenvalue weighted by atomic mass is 16.7. The number of ether oxygens (including phenoxy) is 2. The van der Waals surface area contributed by atoms with Crippen LogP contribution in [0.5, 0.6) is 0 Å². The summed E-state index contributed by atoms with van der Waals surface area (Å²) in [4.78, 5) is 0. The molecule has 0 bridgehead atoms. The van der Waals surface area contributed by atoms with Crippen LogP contribution in [0.3, 0.4) is 0 Å². The van der Waals surface area contributed by atoms with Gasteiger partial charge in [-0.25, -0.2) is 0 Å². The maximum absolute atomic E-state index is 9.95. The quantitative estimate of drug-likeness (QED) is 0.250. The van der Waals surface area contributed by atoms with Gasteiger partial charge in [-0.3, -0.25) is 5.32 Å². The third-order valence-electron chi connectivity index (χ3n) is 4.09. The molecule has 22 heavy (non-hydrogen) atoms. The van der Waals surface area contributed by atoms with Crippen molar-refractivity contribution in [3.63, 3.8) is 0 Å². The van der Waals surface area contributed by atoms with Crippen molar-refractivity contribution in [3.8, 4) is 0 Å². The zero-order valence-corrected chi connectivity index (χ0v) is 11.8. The van der Waals surface area contributed by atoms with Crippen LogP contribution in [0.4, 0.5) is 0 Å². The van der Waals surface area contributed by atoms with E-state index in [2.05, 4.69) is 5.32 Å². The van der Waals surface area contributed by atoms with Crippen LogP contribution in [0, 0.1) is 5.92 Å². The maximum atomic E-state index is 9.95. The second kappa shape index (κ2) is 7.45. The lowest BCUT2D eigenvalue weighted by atomic mass is 9.92. The predicted molar refractivity (Wildman–Crippen MR) is 69.2 cm³/mol. The number of piperidine rings is 1. The predicted octanol–water partition coefficient (Wildman–Crippen LogP) is -4.94. The van der Waals surface area contributed by atoms with Gasteiger partial charge in [0, 0.05) is 19.1 Å². The summed E-state index contributed by atoms with van der Waals surface area (Å²) in [5.74, 6) is -0.578. The lowest BCUT2D eigenvalue weighted by Crippen LogP contribution is -2.64. The molecule has 0 aromatic rings. The van der Waals surface area contributed by atoms with Crippen molar-refractivity contribution in [1.82, 2.24) is 5.32 Å². The molecule has 2 rings (SSSR count). The molecule has 0 aromatic heterocycles. The lowest BCUT2D eigenvalue weighted by molar-refractivity contribution is -0.327. The van der Waals surface area contributed by atoms with E-state index in [9.17, 15) is 30.6 Å². The van der Waals surface area contributed by atoms with Gasteiger partial charge >= 0.3 is 0 Å². The van der Waals surface area contributed by atoms with Crippen LogP contribution in [-0.4, -0.2) is 105 Å². The minimum absolute atomic E-state index is 0.164. The molecule has 0 aromatic carbocycles. The van der Waals surface area contributed by atoms with E-state index in [1.165, 1.54) is 0 Å². The normalized spacial score (nSPS) is 50.0. The van der Waals surface area contributed by atoms with Crippen LogP contribution >= 0.6 is 0 Å². The summed E-state index contributed by atoms with van der Waals surface area (Å²) < 4.78 is 10.6. The third kappa shape index (κ3) is 3.41. The Morgan fingerprint density at radius 2 is 1.59 bits per heavy atom. The molecule has 2 unspecified atom stereocenters. The van der Waals surface area contributed by atoms with Crippen molar-refractivity contribution in [2.75, 3.05) is 19.8 Å². The molecule has 2 aliphatic rings. The summed E-state index contributed by atoms with van der Waals surface area (Å²) in [5.41, 5.74) is 0. The summed E-state index contributed by atoms with van der Waals surface area (Å²) in [6, 6.07) is 0. The zero-order valence-electron chi connectivity index (χ0n) is 11.8. The van der Waals surface area contributed by atoms with Gasteiger partial charge in [-0.15, -0.1) is 0 Å². The fourth-order valence-electron chi connectivity index (χ4n) is 2.66. The van der Waals surface area contributed by atoms with Crippen molar-refractivity contribution >= 4 is 0 Å². The molecule has 10 nitrogen and oxygen atoms in total. The summed E-state index contributed by atoms with van der Waals surface area (Å²) in [5, 5.41) is 69.8. The average Bonchev–Trinajstić information content (AvgIpc) is 2.52. The van der Waals surface area contributed by atoms with Gasteiger partial charge in [0.25, 0.3) is 0 Å². The van der Waals surface area contributed by atoms with Gasteiger partial charge in [-0.05, 0) is 0 Å². The molecule has 0 saturated carbocycles. The van der Waals surface area contributed by atoms with Crippen LogP contribution in [0.2, 0.25) is 0 Å². The largest absolute Gasteiger partial charge is 0.396 e. The van der Waals surface area contributed by atoms with Crippen LogP contribution in [-0.2, 0) is 9.47 Å². The van der Waals surface area contributed by atoms with Crippen LogP contribution < -0.4 is 5.32 Å². The molecule has 0 aliphatic carbocycles. The molecule has 9 atom stereocenters. The second-order valence-electron chi connectivity index (χ2n) is 5.58. The van der Waals surface area contributed by atoms with Crippen LogP contribution in [0.15, 0.2) is 0 Å². The summed E-state index contributed by atoms with van der Waals surface area (Å²) >= 11 is 0. The van der Waals surface area contributed by atoms with Gasteiger partial charge in [-0.1, -0.05) is 0 Å². The molecule has 2 heterocycles. The third-order valence-corrected chi connectivity index (χ3v) is 4.09.